The number of thiazole rings is 1. The minimum absolute atomic E-state index is 0.00464. The van der Waals surface area contributed by atoms with E-state index >= 15 is 0 Å². The van der Waals surface area contributed by atoms with Crippen molar-refractivity contribution in [3.05, 3.63) is 52.0 Å². The number of piperidine rings is 1. The Hall–Kier alpha value is -1.92. The summed E-state index contributed by atoms with van der Waals surface area (Å²) >= 11 is 1.49. The SMILES string of the molecule is O=C(OCc1ccccc1)N1CCC(c2csc(CO)n2)CC1. The third kappa shape index (κ3) is 4.09. The summed E-state index contributed by atoms with van der Waals surface area (Å²) in [4.78, 5) is 18.3. The Morgan fingerprint density at radius 1 is 1.30 bits per heavy atom. The average molecular weight is 332 g/mol. The number of aliphatic hydroxyl groups is 1. The lowest BCUT2D eigenvalue weighted by atomic mass is 9.94. The fourth-order valence-corrected chi connectivity index (χ4v) is 3.49. The van der Waals surface area contributed by atoms with Crippen molar-refractivity contribution in [2.75, 3.05) is 13.1 Å². The highest BCUT2D eigenvalue weighted by molar-refractivity contribution is 7.09. The largest absolute Gasteiger partial charge is 0.445 e. The quantitative estimate of drug-likeness (QED) is 0.934. The van der Waals surface area contributed by atoms with Crippen LogP contribution in [0.5, 0.6) is 0 Å². The van der Waals surface area contributed by atoms with E-state index in [9.17, 15) is 4.79 Å². The van der Waals surface area contributed by atoms with E-state index < -0.39 is 0 Å². The van der Waals surface area contributed by atoms with E-state index in [1.54, 1.807) is 4.90 Å². The molecular formula is C17H20N2O3S. The molecule has 2 heterocycles. The monoisotopic (exact) mass is 332 g/mol. The number of carbonyl (C=O) groups is 1. The second-order valence-electron chi connectivity index (χ2n) is 5.63. The number of aliphatic hydroxyl groups excluding tert-OH is 1. The summed E-state index contributed by atoms with van der Waals surface area (Å²) in [5.41, 5.74) is 2.03. The van der Waals surface area contributed by atoms with Crippen LogP contribution in [0.3, 0.4) is 0 Å². The molecule has 1 fully saturated rings. The third-order valence-electron chi connectivity index (χ3n) is 4.08. The molecule has 1 amide bonds. The van der Waals surface area contributed by atoms with Crippen LogP contribution in [-0.2, 0) is 18.0 Å². The van der Waals surface area contributed by atoms with Crippen molar-refractivity contribution in [3.8, 4) is 0 Å². The van der Waals surface area contributed by atoms with Crippen molar-refractivity contribution in [1.82, 2.24) is 9.88 Å². The second-order valence-corrected chi connectivity index (χ2v) is 6.57. The summed E-state index contributed by atoms with van der Waals surface area (Å²) < 4.78 is 5.37. The Morgan fingerprint density at radius 3 is 2.70 bits per heavy atom. The summed E-state index contributed by atoms with van der Waals surface area (Å²) in [5, 5.41) is 11.9. The smallest absolute Gasteiger partial charge is 0.410 e. The van der Waals surface area contributed by atoms with Gasteiger partial charge in [-0.25, -0.2) is 9.78 Å². The Kier molecular flexibility index (Phi) is 5.25. The van der Waals surface area contributed by atoms with Crippen molar-refractivity contribution in [2.24, 2.45) is 0 Å². The zero-order valence-corrected chi connectivity index (χ0v) is 13.7. The van der Waals surface area contributed by atoms with Gasteiger partial charge in [0.2, 0.25) is 0 Å². The van der Waals surface area contributed by atoms with Crippen LogP contribution in [0.25, 0.3) is 0 Å². The number of hydrogen-bond acceptors (Lipinski definition) is 5. The molecule has 1 saturated heterocycles. The van der Waals surface area contributed by atoms with Gasteiger partial charge in [0.15, 0.2) is 0 Å². The first-order valence-corrected chi connectivity index (χ1v) is 8.65. The minimum atomic E-state index is -0.248. The molecule has 23 heavy (non-hydrogen) atoms. The number of nitrogens with zero attached hydrogens (tertiary/aromatic N) is 2. The molecule has 0 spiro atoms. The summed E-state index contributed by atoms with van der Waals surface area (Å²) in [6, 6.07) is 9.70. The molecule has 2 aromatic rings. The number of benzene rings is 1. The number of rotatable bonds is 4. The molecule has 1 aromatic heterocycles. The molecular weight excluding hydrogens is 312 g/mol. The maximum atomic E-state index is 12.1. The van der Waals surface area contributed by atoms with E-state index in [1.165, 1.54) is 11.3 Å². The second kappa shape index (κ2) is 7.57. The molecule has 0 saturated carbocycles. The van der Waals surface area contributed by atoms with Crippen molar-refractivity contribution >= 4 is 17.4 Å². The van der Waals surface area contributed by atoms with Gasteiger partial charge in [-0.1, -0.05) is 30.3 Å². The predicted octanol–water partition coefficient (Wildman–Crippen LogP) is 3.15. The molecule has 0 radical (unpaired) electrons. The molecule has 1 aliphatic heterocycles. The third-order valence-corrected chi connectivity index (χ3v) is 4.93. The van der Waals surface area contributed by atoms with Gasteiger partial charge in [0.25, 0.3) is 0 Å². The Morgan fingerprint density at radius 2 is 2.04 bits per heavy atom. The Bertz CT molecular complexity index is 636. The molecule has 1 aliphatic rings. The van der Waals surface area contributed by atoms with Crippen LogP contribution in [0.2, 0.25) is 0 Å². The van der Waals surface area contributed by atoms with Crippen molar-refractivity contribution in [1.29, 1.82) is 0 Å². The summed E-state index contributed by atoms with van der Waals surface area (Å²) in [5.74, 6) is 0.365. The van der Waals surface area contributed by atoms with E-state index in [2.05, 4.69) is 4.98 Å². The van der Waals surface area contributed by atoms with Gasteiger partial charge in [0.05, 0.1) is 12.3 Å². The van der Waals surface area contributed by atoms with Gasteiger partial charge in [0.1, 0.15) is 11.6 Å². The first-order chi connectivity index (χ1) is 11.3. The van der Waals surface area contributed by atoms with Crippen LogP contribution in [-0.4, -0.2) is 34.2 Å². The maximum absolute atomic E-state index is 12.1. The van der Waals surface area contributed by atoms with E-state index in [0.29, 0.717) is 25.6 Å². The Labute approximate surface area is 139 Å². The van der Waals surface area contributed by atoms with E-state index in [4.69, 9.17) is 9.84 Å². The molecule has 3 rings (SSSR count). The van der Waals surface area contributed by atoms with Crippen molar-refractivity contribution in [2.45, 2.75) is 32.0 Å². The average Bonchev–Trinajstić information content (AvgIpc) is 3.10. The van der Waals surface area contributed by atoms with Crippen LogP contribution in [0.15, 0.2) is 35.7 Å². The topological polar surface area (TPSA) is 62.7 Å². The number of likely N-dealkylation sites (tertiary alicyclic amines) is 1. The molecule has 0 bridgehead atoms. The highest BCUT2D eigenvalue weighted by Crippen LogP contribution is 2.29. The number of carbonyl (C=O) groups excluding carboxylic acids is 1. The lowest BCUT2D eigenvalue weighted by molar-refractivity contribution is 0.0868. The molecule has 0 unspecified atom stereocenters. The number of amides is 1. The zero-order valence-electron chi connectivity index (χ0n) is 12.9. The highest BCUT2D eigenvalue weighted by Gasteiger charge is 2.26. The predicted molar refractivity (Wildman–Crippen MR) is 88.2 cm³/mol. The summed E-state index contributed by atoms with van der Waals surface area (Å²) in [6.45, 7) is 1.68. The van der Waals surface area contributed by atoms with E-state index in [1.807, 2.05) is 35.7 Å². The van der Waals surface area contributed by atoms with Crippen LogP contribution in [0.4, 0.5) is 4.79 Å². The first kappa shape index (κ1) is 16.0. The minimum Gasteiger partial charge on any atom is -0.445 e. The molecule has 0 atom stereocenters. The zero-order chi connectivity index (χ0) is 16.1. The van der Waals surface area contributed by atoms with Gasteiger partial charge in [-0.15, -0.1) is 11.3 Å². The van der Waals surface area contributed by atoms with Crippen molar-refractivity contribution < 1.29 is 14.6 Å². The van der Waals surface area contributed by atoms with Gasteiger partial charge < -0.3 is 14.7 Å². The normalized spacial score (nSPS) is 15.6. The molecule has 0 aliphatic carbocycles. The van der Waals surface area contributed by atoms with Gasteiger partial charge in [-0.3, -0.25) is 0 Å². The molecule has 122 valence electrons. The lowest BCUT2D eigenvalue weighted by Gasteiger charge is -2.30. The van der Waals surface area contributed by atoms with Gasteiger partial charge >= 0.3 is 6.09 Å². The van der Waals surface area contributed by atoms with E-state index in [-0.39, 0.29) is 12.7 Å². The maximum Gasteiger partial charge on any atom is 0.410 e. The van der Waals surface area contributed by atoms with Gasteiger partial charge in [0, 0.05) is 24.4 Å². The Balaban J connectivity index is 1.47. The molecule has 5 nitrogen and oxygen atoms in total. The van der Waals surface area contributed by atoms with Crippen LogP contribution < -0.4 is 0 Å². The number of aromatic nitrogens is 1. The molecule has 6 heteroatoms. The number of hydrogen-bond donors (Lipinski definition) is 1. The standard InChI is InChI=1S/C17H20N2O3S/c20-10-16-18-15(12-23-16)14-6-8-19(9-7-14)17(21)22-11-13-4-2-1-3-5-13/h1-5,12,14,20H,6-11H2. The molecule has 1 aromatic carbocycles. The fourth-order valence-electron chi connectivity index (χ4n) is 2.75. The highest BCUT2D eigenvalue weighted by atomic mass is 32.1. The van der Waals surface area contributed by atoms with Crippen LogP contribution in [0.1, 0.15) is 35.0 Å². The van der Waals surface area contributed by atoms with E-state index in [0.717, 1.165) is 29.1 Å². The van der Waals surface area contributed by atoms with Crippen LogP contribution in [0, 0.1) is 0 Å². The van der Waals surface area contributed by atoms with Crippen LogP contribution >= 0.6 is 11.3 Å². The molecule has 1 N–H and O–H groups in total. The van der Waals surface area contributed by atoms with Gasteiger partial charge in [-0.2, -0.15) is 0 Å². The summed E-state index contributed by atoms with van der Waals surface area (Å²) in [6.07, 6.45) is 1.52. The fraction of sp³-hybridized carbons (Fsp3) is 0.412. The summed E-state index contributed by atoms with van der Waals surface area (Å²) in [7, 11) is 0. The van der Waals surface area contributed by atoms with Gasteiger partial charge in [-0.05, 0) is 18.4 Å². The number of ether oxygens (including phenoxy) is 1. The lowest BCUT2D eigenvalue weighted by Crippen LogP contribution is -2.38. The van der Waals surface area contributed by atoms with Crippen molar-refractivity contribution in [3.63, 3.8) is 0 Å². The first-order valence-electron chi connectivity index (χ1n) is 7.77.